The van der Waals surface area contributed by atoms with Gasteiger partial charge in [0.25, 0.3) is 0 Å². The molecule has 0 radical (unpaired) electrons. The summed E-state index contributed by atoms with van der Waals surface area (Å²) in [6, 6.07) is 1.45. The Morgan fingerprint density at radius 1 is 1.62 bits per heavy atom. The predicted molar refractivity (Wildman–Crippen MR) is 47.0 cm³/mol. The van der Waals surface area contributed by atoms with E-state index in [0.717, 1.165) is 9.71 Å². The number of thiazole rings is 1. The molecule has 2 rings (SSSR count). The molecule has 0 N–H and O–H groups in total. The van der Waals surface area contributed by atoms with E-state index in [1.54, 1.807) is 0 Å². The zero-order chi connectivity index (χ0) is 9.42. The van der Waals surface area contributed by atoms with E-state index >= 15 is 0 Å². The first-order valence-electron chi connectivity index (χ1n) is 3.73. The van der Waals surface area contributed by atoms with Gasteiger partial charge in [-0.15, -0.1) is 0 Å². The number of hydrogen-bond acceptors (Lipinski definition) is 3. The summed E-state index contributed by atoms with van der Waals surface area (Å²) in [6.45, 7) is 1.88. The van der Waals surface area contributed by atoms with Crippen LogP contribution in [0.25, 0.3) is 10.3 Å². The van der Waals surface area contributed by atoms with Crippen LogP contribution in [0, 0.1) is 12.7 Å². The Morgan fingerprint density at radius 2 is 2.38 bits per heavy atom. The maximum atomic E-state index is 13.0. The Bertz CT molecular complexity index is 455. The van der Waals surface area contributed by atoms with Gasteiger partial charge in [0.1, 0.15) is 11.8 Å². The highest BCUT2D eigenvalue weighted by Crippen LogP contribution is 2.18. The molecule has 0 unspecified atom stereocenters. The van der Waals surface area contributed by atoms with E-state index in [1.807, 2.05) is 6.92 Å². The smallest absolute Gasteiger partial charge is 0.339 e. The van der Waals surface area contributed by atoms with Gasteiger partial charge in [0.15, 0.2) is 12.0 Å². The van der Waals surface area contributed by atoms with Crippen molar-refractivity contribution in [1.29, 1.82) is 0 Å². The van der Waals surface area contributed by atoms with Gasteiger partial charge in [-0.1, -0.05) is 11.3 Å². The van der Waals surface area contributed by atoms with Crippen molar-refractivity contribution < 1.29 is 14.0 Å². The lowest BCUT2D eigenvalue weighted by Gasteiger charge is -1.94. The standard InChI is InChI=1S/C8H8FN2OS/c1-5-10-8-7(13-5)3-6(9)4-11(8)12-2/h3-4H,1-2H3/q+1. The van der Waals surface area contributed by atoms with E-state index in [1.165, 1.54) is 35.4 Å². The lowest BCUT2D eigenvalue weighted by atomic mass is 10.4. The summed E-state index contributed by atoms with van der Waals surface area (Å²) in [4.78, 5) is 9.16. The second-order valence-electron chi connectivity index (χ2n) is 2.59. The molecule has 2 heterocycles. The molecular formula is C8H8FN2OS+. The molecule has 0 amide bonds. The fraction of sp³-hybridized carbons (Fsp3) is 0.250. The minimum Gasteiger partial charge on any atom is -0.339 e. The third-order valence-corrected chi connectivity index (χ3v) is 2.56. The van der Waals surface area contributed by atoms with Gasteiger partial charge in [-0.2, -0.15) is 0 Å². The zero-order valence-electron chi connectivity index (χ0n) is 7.24. The van der Waals surface area contributed by atoms with Gasteiger partial charge in [0, 0.05) is 13.0 Å². The Kier molecular flexibility index (Phi) is 1.88. The average Bonchev–Trinajstić information content (AvgIpc) is 2.43. The lowest BCUT2D eigenvalue weighted by Crippen LogP contribution is -2.41. The third kappa shape index (κ3) is 1.35. The zero-order valence-corrected chi connectivity index (χ0v) is 8.06. The molecule has 68 valence electrons. The van der Waals surface area contributed by atoms with Gasteiger partial charge in [0.2, 0.25) is 5.01 Å². The highest BCUT2D eigenvalue weighted by atomic mass is 32.1. The van der Waals surface area contributed by atoms with Gasteiger partial charge in [-0.3, -0.25) is 0 Å². The first-order chi connectivity index (χ1) is 6.20. The Hall–Kier alpha value is -1.23. The van der Waals surface area contributed by atoms with Crippen molar-refractivity contribution in [2.24, 2.45) is 0 Å². The fourth-order valence-electron chi connectivity index (χ4n) is 1.16. The van der Waals surface area contributed by atoms with Crippen molar-refractivity contribution in [3.8, 4) is 0 Å². The Balaban J connectivity index is 2.80. The first-order valence-corrected chi connectivity index (χ1v) is 4.55. The van der Waals surface area contributed by atoms with Gasteiger partial charge < -0.3 is 4.84 Å². The van der Waals surface area contributed by atoms with Crippen LogP contribution in [0.3, 0.4) is 0 Å². The number of nitrogens with zero attached hydrogens (tertiary/aromatic N) is 2. The summed E-state index contributed by atoms with van der Waals surface area (Å²) in [7, 11) is 1.48. The average molecular weight is 199 g/mol. The number of pyridine rings is 1. The van der Waals surface area contributed by atoms with Gasteiger partial charge in [-0.25, -0.2) is 4.39 Å². The van der Waals surface area contributed by atoms with Crippen molar-refractivity contribution in [1.82, 2.24) is 4.98 Å². The minimum absolute atomic E-state index is 0.321. The first kappa shape index (κ1) is 8.37. The third-order valence-electron chi connectivity index (χ3n) is 1.66. The van der Waals surface area contributed by atoms with Crippen LogP contribution in [-0.4, -0.2) is 12.1 Å². The molecule has 0 bridgehead atoms. The Labute approximate surface area is 78.4 Å². The maximum Gasteiger partial charge on any atom is 0.380 e. The summed E-state index contributed by atoms with van der Waals surface area (Å²) >= 11 is 1.44. The van der Waals surface area contributed by atoms with Crippen LogP contribution < -0.4 is 9.57 Å². The summed E-state index contributed by atoms with van der Waals surface area (Å²) in [6.07, 6.45) is 1.27. The topological polar surface area (TPSA) is 26.0 Å². The molecule has 13 heavy (non-hydrogen) atoms. The van der Waals surface area contributed by atoms with Crippen LogP contribution in [0.5, 0.6) is 0 Å². The van der Waals surface area contributed by atoms with Crippen molar-refractivity contribution in [3.63, 3.8) is 0 Å². The van der Waals surface area contributed by atoms with Gasteiger partial charge >= 0.3 is 5.65 Å². The van der Waals surface area contributed by atoms with Gasteiger partial charge in [0.05, 0.1) is 0 Å². The molecule has 0 fully saturated rings. The van der Waals surface area contributed by atoms with Crippen LogP contribution in [-0.2, 0) is 0 Å². The highest BCUT2D eigenvalue weighted by molar-refractivity contribution is 7.18. The van der Waals surface area contributed by atoms with Crippen LogP contribution >= 0.6 is 11.3 Å². The van der Waals surface area contributed by atoms with Crippen LogP contribution in [0.2, 0.25) is 0 Å². The van der Waals surface area contributed by atoms with Gasteiger partial charge in [-0.05, 0) is 9.71 Å². The van der Waals surface area contributed by atoms with Crippen molar-refractivity contribution in [2.75, 3.05) is 7.11 Å². The molecule has 0 aliphatic rings. The number of aryl methyl sites for hydroxylation is 1. The monoisotopic (exact) mass is 199 g/mol. The molecule has 5 heteroatoms. The molecule has 0 saturated carbocycles. The maximum absolute atomic E-state index is 13.0. The van der Waals surface area contributed by atoms with E-state index in [2.05, 4.69) is 4.98 Å². The quantitative estimate of drug-likeness (QED) is 0.642. The summed E-state index contributed by atoms with van der Waals surface area (Å²) in [5.74, 6) is -0.321. The number of fused-ring (bicyclic) bond motifs is 1. The van der Waals surface area contributed by atoms with E-state index in [0.29, 0.717) is 5.65 Å². The Morgan fingerprint density at radius 3 is 3.08 bits per heavy atom. The predicted octanol–water partition coefficient (Wildman–Crippen LogP) is 1.09. The van der Waals surface area contributed by atoms with E-state index < -0.39 is 0 Å². The molecule has 0 saturated heterocycles. The van der Waals surface area contributed by atoms with Crippen LogP contribution in [0.4, 0.5) is 4.39 Å². The van der Waals surface area contributed by atoms with E-state index in [9.17, 15) is 4.39 Å². The molecule has 0 aliphatic heterocycles. The molecule has 2 aromatic rings. The van der Waals surface area contributed by atoms with Crippen LogP contribution in [0.1, 0.15) is 5.01 Å². The van der Waals surface area contributed by atoms with E-state index in [4.69, 9.17) is 4.84 Å². The summed E-state index contributed by atoms with van der Waals surface area (Å²) < 4.78 is 15.1. The van der Waals surface area contributed by atoms with E-state index in [-0.39, 0.29) is 5.82 Å². The number of rotatable bonds is 1. The number of halogens is 1. The molecule has 3 nitrogen and oxygen atoms in total. The largest absolute Gasteiger partial charge is 0.380 e. The van der Waals surface area contributed by atoms with Crippen molar-refractivity contribution in [3.05, 3.63) is 23.1 Å². The lowest BCUT2D eigenvalue weighted by molar-refractivity contribution is -0.867. The van der Waals surface area contributed by atoms with Crippen molar-refractivity contribution in [2.45, 2.75) is 6.92 Å². The normalized spacial score (nSPS) is 10.7. The molecule has 2 aromatic heterocycles. The molecule has 0 aliphatic carbocycles. The minimum atomic E-state index is -0.321. The molecule has 0 atom stereocenters. The molecular weight excluding hydrogens is 191 g/mol. The fourth-order valence-corrected chi connectivity index (χ4v) is 2.01. The highest BCUT2D eigenvalue weighted by Gasteiger charge is 2.16. The number of hydrogen-bond donors (Lipinski definition) is 0. The summed E-state index contributed by atoms with van der Waals surface area (Å²) in [5, 5.41) is 0.895. The second kappa shape index (κ2) is 2.92. The summed E-state index contributed by atoms with van der Waals surface area (Å²) in [5.41, 5.74) is 0.659. The molecule has 0 aromatic carbocycles. The number of aromatic nitrogens is 2. The molecule has 0 spiro atoms. The van der Waals surface area contributed by atoms with Crippen LogP contribution in [0.15, 0.2) is 12.3 Å². The second-order valence-corrected chi connectivity index (χ2v) is 3.82. The SMILES string of the molecule is CO[n+]1cc(F)cc2sc(C)nc21. The van der Waals surface area contributed by atoms with Crippen molar-refractivity contribution >= 4 is 21.7 Å².